The molecule has 0 saturated heterocycles. The third kappa shape index (κ3) is 9.46. The summed E-state index contributed by atoms with van der Waals surface area (Å²) in [6, 6.07) is 18.9. The van der Waals surface area contributed by atoms with Crippen LogP contribution in [0.2, 0.25) is 0 Å². The average Bonchev–Trinajstić information content (AvgIpc) is 3.03. The minimum absolute atomic E-state index is 0.223. The van der Waals surface area contributed by atoms with E-state index in [2.05, 4.69) is 16.7 Å². The van der Waals surface area contributed by atoms with Crippen LogP contribution in [0.1, 0.15) is 52.4 Å². The summed E-state index contributed by atoms with van der Waals surface area (Å²) in [6.45, 7) is 5.50. The molecule has 2 N–H and O–H groups in total. The Bertz CT molecular complexity index is 1410. The van der Waals surface area contributed by atoms with Gasteiger partial charge in [0.25, 0.3) is 0 Å². The fourth-order valence-corrected chi connectivity index (χ4v) is 7.17. The number of carbonyl (C=O) groups is 2. The molecule has 7 nitrogen and oxygen atoms in total. The molecule has 2 aliphatic carbocycles. The summed E-state index contributed by atoms with van der Waals surface area (Å²) in [6.07, 6.45) is 9.13. The van der Waals surface area contributed by atoms with Gasteiger partial charge in [-0.05, 0) is 99.9 Å². The first-order chi connectivity index (χ1) is 21.0. The molecule has 228 valence electrons. The molecule has 2 aromatic rings. The highest BCUT2D eigenvalue weighted by atomic mass is 32.2. The first-order valence-electron chi connectivity index (χ1n) is 14.9. The fourth-order valence-electron chi connectivity index (χ4n) is 4.96. The van der Waals surface area contributed by atoms with E-state index < -0.39 is 16.8 Å². The summed E-state index contributed by atoms with van der Waals surface area (Å²) in [5, 5.41) is 7.02. The number of hydrogen-bond acceptors (Lipinski definition) is 8. The summed E-state index contributed by atoms with van der Waals surface area (Å²) in [4.78, 5) is 28.2. The molecule has 1 atom stereocenters. The van der Waals surface area contributed by atoms with Gasteiger partial charge in [0.05, 0.1) is 24.0 Å². The van der Waals surface area contributed by atoms with E-state index in [1.807, 2.05) is 61.5 Å². The van der Waals surface area contributed by atoms with Crippen LogP contribution in [0.15, 0.2) is 115 Å². The van der Waals surface area contributed by atoms with Crippen LogP contribution in [-0.4, -0.2) is 42.5 Å². The first kappa shape index (κ1) is 32.4. The topological polar surface area (TPSA) is 93.7 Å². The van der Waals surface area contributed by atoms with Crippen LogP contribution >= 0.6 is 11.8 Å². The Labute approximate surface area is 261 Å². The quantitative estimate of drug-likeness (QED) is 0.113. The van der Waals surface area contributed by atoms with Crippen molar-refractivity contribution in [3.8, 4) is 0 Å². The molecule has 9 heteroatoms. The lowest BCUT2D eigenvalue weighted by Crippen LogP contribution is -2.28. The number of carbonyl (C=O) groups excluding carboxylic acids is 2. The van der Waals surface area contributed by atoms with E-state index in [9.17, 15) is 13.8 Å². The van der Waals surface area contributed by atoms with E-state index in [1.165, 1.54) is 11.8 Å². The molecule has 43 heavy (non-hydrogen) atoms. The molecular formula is C34H40N2O5S2. The summed E-state index contributed by atoms with van der Waals surface area (Å²) in [5.74, 6) is -0.812. The van der Waals surface area contributed by atoms with Crippen LogP contribution in [0.3, 0.4) is 0 Å². The van der Waals surface area contributed by atoms with Gasteiger partial charge in [-0.3, -0.25) is 0 Å². The van der Waals surface area contributed by atoms with Gasteiger partial charge in [-0.2, -0.15) is 0 Å². The smallest absolute Gasteiger partial charge is 0.347 e. The number of rotatable bonds is 13. The Hall–Kier alpha value is -3.56. The second-order valence-corrected chi connectivity index (χ2v) is 12.5. The Morgan fingerprint density at radius 3 is 1.88 bits per heavy atom. The number of hydrogen-bond donors (Lipinski definition) is 2. The summed E-state index contributed by atoms with van der Waals surface area (Å²) in [7, 11) is -1.63. The highest BCUT2D eigenvalue weighted by Gasteiger charge is 2.25. The molecule has 0 aliphatic heterocycles. The van der Waals surface area contributed by atoms with Crippen molar-refractivity contribution in [2.24, 2.45) is 0 Å². The van der Waals surface area contributed by atoms with Crippen molar-refractivity contribution < 1.29 is 23.3 Å². The number of esters is 2. The number of ether oxygens (including phenoxy) is 2. The average molecular weight is 621 g/mol. The highest BCUT2D eigenvalue weighted by molar-refractivity contribution is 8.04. The minimum Gasteiger partial charge on any atom is -0.462 e. The van der Waals surface area contributed by atoms with Gasteiger partial charge < -0.3 is 20.1 Å². The lowest BCUT2D eigenvalue weighted by Gasteiger charge is -2.21. The molecule has 0 spiro atoms. The van der Waals surface area contributed by atoms with Gasteiger partial charge in [-0.15, -0.1) is 0 Å². The zero-order valence-electron chi connectivity index (χ0n) is 24.9. The predicted octanol–water partition coefficient (Wildman–Crippen LogP) is 6.54. The second kappa shape index (κ2) is 16.9. The summed E-state index contributed by atoms with van der Waals surface area (Å²) >= 11 is 1.45. The van der Waals surface area contributed by atoms with Crippen LogP contribution in [0.25, 0.3) is 0 Å². The minimum atomic E-state index is -1.63. The summed E-state index contributed by atoms with van der Waals surface area (Å²) < 4.78 is 24.1. The van der Waals surface area contributed by atoms with Crippen molar-refractivity contribution in [2.75, 3.05) is 26.3 Å². The Kier molecular flexibility index (Phi) is 12.7. The van der Waals surface area contributed by atoms with Crippen molar-refractivity contribution in [1.29, 1.82) is 0 Å². The third-order valence-electron chi connectivity index (χ3n) is 6.92. The Morgan fingerprint density at radius 1 is 0.744 bits per heavy atom. The van der Waals surface area contributed by atoms with E-state index in [4.69, 9.17) is 9.47 Å². The van der Waals surface area contributed by atoms with Gasteiger partial charge in [0.15, 0.2) is 0 Å². The van der Waals surface area contributed by atoms with Crippen molar-refractivity contribution in [1.82, 2.24) is 10.6 Å². The van der Waals surface area contributed by atoms with Crippen molar-refractivity contribution in [3.05, 3.63) is 105 Å². The number of benzene rings is 2. The molecule has 2 aromatic carbocycles. The van der Waals surface area contributed by atoms with Gasteiger partial charge in [-0.25, -0.2) is 13.8 Å². The molecule has 0 heterocycles. The molecule has 0 amide bonds. The molecule has 4 rings (SSSR count). The zero-order chi connectivity index (χ0) is 30.4. The van der Waals surface area contributed by atoms with Gasteiger partial charge in [-0.1, -0.05) is 48.2 Å². The van der Waals surface area contributed by atoms with Crippen LogP contribution in [-0.2, 0) is 29.9 Å². The molecule has 0 fully saturated rings. The highest BCUT2D eigenvalue weighted by Crippen LogP contribution is 2.35. The van der Waals surface area contributed by atoms with Crippen LogP contribution < -0.4 is 10.6 Å². The molecule has 0 aromatic heterocycles. The van der Waals surface area contributed by atoms with Crippen molar-refractivity contribution in [2.45, 2.75) is 62.2 Å². The molecule has 2 aliphatic rings. The van der Waals surface area contributed by atoms with E-state index in [1.54, 1.807) is 19.1 Å². The lowest BCUT2D eigenvalue weighted by molar-refractivity contribution is -0.138. The largest absolute Gasteiger partial charge is 0.462 e. The first-order valence-corrected chi connectivity index (χ1v) is 16.9. The zero-order valence-corrected chi connectivity index (χ0v) is 26.5. The third-order valence-corrected chi connectivity index (χ3v) is 9.56. The van der Waals surface area contributed by atoms with Crippen molar-refractivity contribution in [3.63, 3.8) is 0 Å². The standard InChI is InChI=1S/C34H40N2O5S2/c1-3-40-33(37)31(42-29-17-7-5-8-18-29)25-13-11-15-27(23-25)35-21-22-36-28-16-12-14-26(24-28)32(34(38)41-4-2)43(39)30-19-9-6-10-20-30/h5-10,17-20,23-24,35-36H,3-4,11-16,21-22H2,1-2H3/b31-25+,32-26+. The van der Waals surface area contributed by atoms with Crippen LogP contribution in [0.5, 0.6) is 0 Å². The predicted molar refractivity (Wildman–Crippen MR) is 172 cm³/mol. The molecule has 1 unspecified atom stereocenters. The Balaban J connectivity index is 1.44. The lowest BCUT2D eigenvalue weighted by atomic mass is 9.98. The van der Waals surface area contributed by atoms with E-state index in [-0.39, 0.29) is 17.5 Å². The van der Waals surface area contributed by atoms with E-state index in [0.717, 1.165) is 59.5 Å². The monoisotopic (exact) mass is 620 g/mol. The number of thioether (sulfide) groups is 1. The molecular weight excluding hydrogens is 581 g/mol. The van der Waals surface area contributed by atoms with E-state index in [0.29, 0.717) is 35.9 Å². The maximum absolute atomic E-state index is 13.4. The van der Waals surface area contributed by atoms with E-state index >= 15 is 0 Å². The van der Waals surface area contributed by atoms with Crippen molar-refractivity contribution >= 4 is 34.5 Å². The van der Waals surface area contributed by atoms with Crippen LogP contribution in [0, 0.1) is 0 Å². The van der Waals surface area contributed by atoms with Gasteiger partial charge in [0.2, 0.25) is 0 Å². The normalized spacial score (nSPS) is 18.0. The molecule has 0 saturated carbocycles. The fraction of sp³-hybridized carbons (Fsp3) is 0.353. The molecule has 0 radical (unpaired) electrons. The Morgan fingerprint density at radius 2 is 1.28 bits per heavy atom. The second-order valence-electron chi connectivity index (χ2n) is 10.0. The van der Waals surface area contributed by atoms with Gasteiger partial charge in [0.1, 0.15) is 9.81 Å². The number of allylic oxidation sites excluding steroid dienone is 6. The number of nitrogens with one attached hydrogen (secondary N) is 2. The SMILES string of the molecule is CCOC(=O)/C(Sc1ccccc1)=C1\C=C(NCCNC2=C/C(=C(\C(=O)OCC)S(=O)c3ccccc3)CCC2)CCC1. The summed E-state index contributed by atoms with van der Waals surface area (Å²) in [5.41, 5.74) is 3.86. The van der Waals surface area contributed by atoms with Gasteiger partial charge >= 0.3 is 11.9 Å². The van der Waals surface area contributed by atoms with Crippen LogP contribution in [0.4, 0.5) is 0 Å². The maximum atomic E-state index is 13.4. The maximum Gasteiger partial charge on any atom is 0.347 e. The molecule has 0 bridgehead atoms. The van der Waals surface area contributed by atoms with Gasteiger partial charge in [0, 0.05) is 34.3 Å².